The monoisotopic (exact) mass is 437 g/mol. The number of benzene rings is 2. The molecule has 0 bridgehead atoms. The number of hydrogen-bond acceptors (Lipinski definition) is 5. The average Bonchev–Trinajstić information content (AvgIpc) is 3.22. The summed E-state index contributed by atoms with van der Waals surface area (Å²) in [4.78, 5) is 24.8. The van der Waals surface area contributed by atoms with Gasteiger partial charge in [0.15, 0.2) is 11.0 Å². The predicted octanol–water partition coefficient (Wildman–Crippen LogP) is 3.76. The van der Waals surface area contributed by atoms with Crippen molar-refractivity contribution in [3.63, 3.8) is 0 Å². The third kappa shape index (κ3) is 5.95. The highest BCUT2D eigenvalue weighted by atomic mass is 32.2. The molecule has 0 saturated heterocycles. The topological polar surface area (TPSA) is 88.9 Å². The summed E-state index contributed by atoms with van der Waals surface area (Å²) in [5, 5.41) is 15.1. The maximum Gasteiger partial charge on any atom is 0.251 e. The van der Waals surface area contributed by atoms with Crippen molar-refractivity contribution in [1.82, 2.24) is 25.4 Å². The minimum Gasteiger partial charge on any atom is -0.349 e. The largest absolute Gasteiger partial charge is 0.349 e. The Labute approximate surface area is 186 Å². The number of rotatable bonds is 9. The minimum absolute atomic E-state index is 0.0675. The van der Waals surface area contributed by atoms with E-state index in [-0.39, 0.29) is 29.7 Å². The maximum atomic E-state index is 12.4. The molecule has 0 aliphatic carbocycles. The smallest absolute Gasteiger partial charge is 0.251 e. The molecule has 7 nitrogen and oxygen atoms in total. The summed E-state index contributed by atoms with van der Waals surface area (Å²) in [7, 11) is 0. The Hall–Kier alpha value is -3.13. The van der Waals surface area contributed by atoms with Crippen LogP contribution in [0, 0.1) is 0 Å². The van der Waals surface area contributed by atoms with Crippen molar-refractivity contribution in [1.29, 1.82) is 0 Å². The lowest BCUT2D eigenvalue weighted by molar-refractivity contribution is -0.119. The summed E-state index contributed by atoms with van der Waals surface area (Å²) in [5.41, 5.74) is 1.65. The van der Waals surface area contributed by atoms with Crippen molar-refractivity contribution >= 4 is 23.6 Å². The molecule has 2 aromatic carbocycles. The summed E-state index contributed by atoms with van der Waals surface area (Å²) in [6.45, 7) is 6.46. The lowest BCUT2D eigenvalue weighted by atomic mass is 10.1. The van der Waals surface area contributed by atoms with Crippen molar-refractivity contribution in [3.8, 4) is 0 Å². The summed E-state index contributed by atoms with van der Waals surface area (Å²) in [6, 6.07) is 18.5. The van der Waals surface area contributed by atoms with Crippen LogP contribution in [0.5, 0.6) is 0 Å². The highest BCUT2D eigenvalue weighted by Crippen LogP contribution is 2.21. The third-order valence-corrected chi connectivity index (χ3v) is 5.81. The highest BCUT2D eigenvalue weighted by Gasteiger charge is 2.20. The number of hydrogen-bond donors (Lipinski definition) is 2. The van der Waals surface area contributed by atoms with E-state index < -0.39 is 0 Å². The van der Waals surface area contributed by atoms with Gasteiger partial charge in [0.25, 0.3) is 5.91 Å². The zero-order valence-electron chi connectivity index (χ0n) is 17.9. The van der Waals surface area contributed by atoms with Gasteiger partial charge in [-0.3, -0.25) is 9.59 Å². The SMILES string of the molecule is CCn1c(SCC(=O)N[C@@H](C)c2ccccc2)nnc1[C@H](C)NC(=O)c1ccccc1. The second-order valence-corrected chi connectivity index (χ2v) is 8.08. The first kappa shape index (κ1) is 22.6. The first-order chi connectivity index (χ1) is 15.0. The van der Waals surface area contributed by atoms with E-state index in [1.165, 1.54) is 11.8 Å². The van der Waals surface area contributed by atoms with Gasteiger partial charge in [-0.05, 0) is 38.5 Å². The highest BCUT2D eigenvalue weighted by molar-refractivity contribution is 7.99. The molecule has 3 aromatic rings. The first-order valence-electron chi connectivity index (χ1n) is 10.3. The van der Waals surface area contributed by atoms with Crippen LogP contribution < -0.4 is 10.6 Å². The first-order valence-corrected chi connectivity index (χ1v) is 11.2. The number of carbonyl (C=O) groups is 2. The zero-order valence-corrected chi connectivity index (χ0v) is 18.7. The fourth-order valence-electron chi connectivity index (χ4n) is 3.20. The Morgan fingerprint density at radius 2 is 1.58 bits per heavy atom. The zero-order chi connectivity index (χ0) is 22.2. The number of carbonyl (C=O) groups excluding carboxylic acids is 2. The molecule has 2 amide bonds. The van der Waals surface area contributed by atoms with Gasteiger partial charge in [0.2, 0.25) is 5.91 Å². The molecule has 0 aliphatic rings. The second-order valence-electron chi connectivity index (χ2n) is 7.13. The molecule has 0 radical (unpaired) electrons. The summed E-state index contributed by atoms with van der Waals surface area (Å²) >= 11 is 1.34. The predicted molar refractivity (Wildman–Crippen MR) is 122 cm³/mol. The van der Waals surface area contributed by atoms with E-state index in [1.807, 2.05) is 73.9 Å². The van der Waals surface area contributed by atoms with Crippen LogP contribution in [-0.2, 0) is 11.3 Å². The van der Waals surface area contributed by atoms with Crippen molar-refractivity contribution in [2.24, 2.45) is 0 Å². The molecule has 162 valence electrons. The van der Waals surface area contributed by atoms with E-state index in [9.17, 15) is 9.59 Å². The number of thioether (sulfide) groups is 1. The Balaban J connectivity index is 1.59. The molecule has 0 saturated carbocycles. The molecule has 2 atom stereocenters. The van der Waals surface area contributed by atoms with Crippen LogP contribution in [0.3, 0.4) is 0 Å². The van der Waals surface area contributed by atoms with Crippen LogP contribution >= 0.6 is 11.8 Å². The summed E-state index contributed by atoms with van der Waals surface area (Å²) in [6.07, 6.45) is 0. The fraction of sp³-hybridized carbons (Fsp3) is 0.304. The van der Waals surface area contributed by atoms with Gasteiger partial charge in [0, 0.05) is 12.1 Å². The van der Waals surface area contributed by atoms with Crippen molar-refractivity contribution in [2.45, 2.75) is 44.6 Å². The quantitative estimate of drug-likeness (QED) is 0.498. The molecule has 2 N–H and O–H groups in total. The molecule has 0 spiro atoms. The van der Waals surface area contributed by atoms with E-state index in [1.54, 1.807) is 12.1 Å². The molecule has 8 heteroatoms. The van der Waals surface area contributed by atoms with Crippen LogP contribution in [0.15, 0.2) is 65.8 Å². The van der Waals surface area contributed by atoms with Gasteiger partial charge >= 0.3 is 0 Å². The summed E-state index contributed by atoms with van der Waals surface area (Å²) < 4.78 is 1.93. The van der Waals surface area contributed by atoms with Gasteiger partial charge in [-0.25, -0.2) is 0 Å². The molecular formula is C23H27N5O2S. The van der Waals surface area contributed by atoms with E-state index >= 15 is 0 Å². The second kappa shape index (κ2) is 10.8. The number of nitrogens with zero attached hydrogens (tertiary/aromatic N) is 3. The Kier molecular flexibility index (Phi) is 7.83. The van der Waals surface area contributed by atoms with E-state index in [4.69, 9.17) is 0 Å². The van der Waals surface area contributed by atoms with Gasteiger partial charge in [0.1, 0.15) is 0 Å². The molecule has 3 rings (SSSR count). The van der Waals surface area contributed by atoms with E-state index in [2.05, 4.69) is 20.8 Å². The number of amides is 2. The van der Waals surface area contributed by atoms with Crippen LogP contribution in [-0.4, -0.2) is 32.3 Å². The third-order valence-electron chi connectivity index (χ3n) is 4.84. The van der Waals surface area contributed by atoms with Crippen LogP contribution in [0.4, 0.5) is 0 Å². The van der Waals surface area contributed by atoms with Crippen molar-refractivity contribution in [3.05, 3.63) is 77.6 Å². The maximum absolute atomic E-state index is 12.4. The molecule has 31 heavy (non-hydrogen) atoms. The Morgan fingerprint density at radius 1 is 0.935 bits per heavy atom. The van der Waals surface area contributed by atoms with E-state index in [0.29, 0.717) is 23.1 Å². The lowest BCUT2D eigenvalue weighted by Crippen LogP contribution is -2.29. The minimum atomic E-state index is -0.318. The number of nitrogens with one attached hydrogen (secondary N) is 2. The lowest BCUT2D eigenvalue weighted by Gasteiger charge is -2.16. The average molecular weight is 438 g/mol. The van der Waals surface area contributed by atoms with Crippen LogP contribution in [0.25, 0.3) is 0 Å². The van der Waals surface area contributed by atoms with Crippen LogP contribution in [0.1, 0.15) is 54.6 Å². The van der Waals surface area contributed by atoms with E-state index in [0.717, 1.165) is 5.56 Å². The number of aromatic nitrogens is 3. The normalized spacial score (nSPS) is 12.7. The Morgan fingerprint density at radius 3 is 2.23 bits per heavy atom. The molecule has 0 fully saturated rings. The van der Waals surface area contributed by atoms with Gasteiger partial charge < -0.3 is 15.2 Å². The van der Waals surface area contributed by atoms with Crippen molar-refractivity contribution in [2.75, 3.05) is 5.75 Å². The molecular weight excluding hydrogens is 410 g/mol. The van der Waals surface area contributed by atoms with Gasteiger partial charge in [-0.1, -0.05) is 60.3 Å². The molecule has 1 heterocycles. The molecule has 0 aliphatic heterocycles. The summed E-state index contributed by atoms with van der Waals surface area (Å²) in [5.74, 6) is 0.661. The Bertz CT molecular complexity index is 1010. The molecule has 0 unspecified atom stereocenters. The van der Waals surface area contributed by atoms with Gasteiger partial charge in [-0.2, -0.15) is 0 Å². The van der Waals surface area contributed by atoms with Crippen molar-refractivity contribution < 1.29 is 9.59 Å². The van der Waals surface area contributed by atoms with Crippen LogP contribution in [0.2, 0.25) is 0 Å². The van der Waals surface area contributed by atoms with Gasteiger partial charge in [-0.15, -0.1) is 10.2 Å². The fourth-order valence-corrected chi connectivity index (χ4v) is 4.02. The standard InChI is InChI=1S/C23H27N5O2S/c1-4-28-21(17(3)25-22(30)19-13-9-6-10-14-19)26-27-23(28)31-15-20(29)24-16(2)18-11-7-5-8-12-18/h5-14,16-17H,4,15H2,1-3H3,(H,24,29)(H,25,30)/t16-,17-/m0/s1. The molecule has 1 aromatic heterocycles. The van der Waals surface area contributed by atoms with Gasteiger partial charge in [0.05, 0.1) is 17.8 Å².